The minimum absolute atomic E-state index is 0.0964. The molecule has 0 spiro atoms. The van der Waals surface area contributed by atoms with Crippen LogP contribution in [0.15, 0.2) is 30.6 Å². The zero-order valence-electron chi connectivity index (χ0n) is 10.7. The van der Waals surface area contributed by atoms with E-state index in [-0.39, 0.29) is 28.2 Å². The number of hydrogen-bond acceptors (Lipinski definition) is 6. The van der Waals surface area contributed by atoms with E-state index in [9.17, 15) is 10.1 Å². The highest BCUT2D eigenvalue weighted by Crippen LogP contribution is 2.32. The zero-order valence-corrected chi connectivity index (χ0v) is 11.5. The predicted molar refractivity (Wildman–Crippen MR) is 73.7 cm³/mol. The van der Waals surface area contributed by atoms with Gasteiger partial charge in [-0.3, -0.25) is 10.1 Å². The van der Waals surface area contributed by atoms with Crippen LogP contribution >= 0.6 is 11.6 Å². The van der Waals surface area contributed by atoms with Crippen LogP contribution in [0, 0.1) is 17.0 Å². The topological polar surface area (TPSA) is 95.5 Å². The van der Waals surface area contributed by atoms with Gasteiger partial charge >= 0.3 is 5.69 Å². The van der Waals surface area contributed by atoms with Crippen molar-refractivity contribution in [2.75, 3.05) is 0 Å². The molecule has 0 N–H and O–H groups in total. The molecule has 2 heterocycles. The number of aryl methyl sites for hydroxylation is 1. The highest BCUT2D eigenvalue weighted by atomic mass is 35.5. The fourth-order valence-corrected chi connectivity index (χ4v) is 1.97. The van der Waals surface area contributed by atoms with Gasteiger partial charge in [0.1, 0.15) is 11.5 Å². The first-order valence-corrected chi connectivity index (χ1v) is 6.21. The van der Waals surface area contributed by atoms with E-state index in [4.69, 9.17) is 16.3 Å². The average molecular weight is 306 g/mol. The Morgan fingerprint density at radius 2 is 2.19 bits per heavy atom. The number of nitrogens with zero attached hydrogens (tertiary/aromatic N) is 5. The van der Waals surface area contributed by atoms with Gasteiger partial charge in [-0.1, -0.05) is 17.7 Å². The Labute approximate surface area is 123 Å². The summed E-state index contributed by atoms with van der Waals surface area (Å²) in [5.74, 6) is 0.531. The molecular formula is C12H8ClN5O3. The molecule has 0 radical (unpaired) electrons. The Hall–Kier alpha value is -2.74. The molecule has 3 aromatic rings. The van der Waals surface area contributed by atoms with E-state index in [0.717, 1.165) is 5.56 Å². The highest BCUT2D eigenvalue weighted by Gasteiger charge is 2.18. The van der Waals surface area contributed by atoms with Crippen LogP contribution in [0.5, 0.6) is 11.6 Å². The molecule has 0 atom stereocenters. The summed E-state index contributed by atoms with van der Waals surface area (Å²) in [6, 6.07) is 5.99. The molecule has 0 saturated heterocycles. The first kappa shape index (κ1) is 13.3. The van der Waals surface area contributed by atoms with Crippen molar-refractivity contribution in [1.29, 1.82) is 0 Å². The van der Waals surface area contributed by atoms with Crippen LogP contribution in [-0.2, 0) is 0 Å². The fourth-order valence-electron chi connectivity index (χ4n) is 1.80. The van der Waals surface area contributed by atoms with Crippen molar-refractivity contribution in [2.24, 2.45) is 0 Å². The van der Waals surface area contributed by atoms with Crippen molar-refractivity contribution >= 4 is 23.1 Å². The molecule has 0 saturated carbocycles. The van der Waals surface area contributed by atoms with Crippen LogP contribution in [0.25, 0.3) is 5.78 Å². The van der Waals surface area contributed by atoms with Crippen molar-refractivity contribution in [3.05, 3.63) is 51.4 Å². The lowest BCUT2D eigenvalue weighted by Gasteiger charge is -2.08. The summed E-state index contributed by atoms with van der Waals surface area (Å²) in [6.45, 7) is 1.81. The Bertz CT molecular complexity index is 848. The van der Waals surface area contributed by atoms with Gasteiger partial charge in [-0.2, -0.15) is 19.6 Å². The molecule has 0 aliphatic carbocycles. The number of nitro groups is 1. The van der Waals surface area contributed by atoms with Gasteiger partial charge in [-0.15, -0.1) is 0 Å². The van der Waals surface area contributed by atoms with Crippen molar-refractivity contribution in [3.63, 3.8) is 0 Å². The molecule has 0 aliphatic heterocycles. The van der Waals surface area contributed by atoms with Crippen molar-refractivity contribution in [2.45, 2.75) is 6.92 Å². The van der Waals surface area contributed by atoms with Gasteiger partial charge in [-0.05, 0) is 18.6 Å². The third-order valence-electron chi connectivity index (χ3n) is 2.71. The van der Waals surface area contributed by atoms with E-state index in [0.29, 0.717) is 0 Å². The molecule has 2 aromatic heterocycles. The second-order valence-electron chi connectivity index (χ2n) is 4.22. The van der Waals surface area contributed by atoms with Gasteiger partial charge in [-0.25, -0.2) is 0 Å². The third-order valence-corrected chi connectivity index (χ3v) is 2.91. The normalized spacial score (nSPS) is 10.8. The molecular weight excluding hydrogens is 298 g/mol. The third kappa shape index (κ3) is 2.48. The lowest BCUT2D eigenvalue weighted by atomic mass is 10.2. The zero-order chi connectivity index (χ0) is 15.0. The van der Waals surface area contributed by atoms with E-state index < -0.39 is 4.92 Å². The van der Waals surface area contributed by atoms with Gasteiger partial charge in [0.2, 0.25) is 11.6 Å². The van der Waals surface area contributed by atoms with E-state index in [1.54, 1.807) is 19.1 Å². The summed E-state index contributed by atoms with van der Waals surface area (Å²) >= 11 is 5.87. The first-order chi connectivity index (χ1) is 10.0. The van der Waals surface area contributed by atoms with E-state index in [1.807, 2.05) is 0 Å². The Balaban J connectivity index is 2.12. The van der Waals surface area contributed by atoms with Crippen LogP contribution in [0.3, 0.4) is 0 Å². The standard InChI is InChI=1S/C12H8ClN5O3/c1-7-2-3-8(18(19)20)9(4-7)21-11-5-10(13)16-12-14-6-15-17(11)12/h2-6H,1H3. The second kappa shape index (κ2) is 4.98. The van der Waals surface area contributed by atoms with Crippen LogP contribution in [0.1, 0.15) is 5.56 Å². The summed E-state index contributed by atoms with van der Waals surface area (Å²) in [6.07, 6.45) is 1.29. The average Bonchev–Trinajstić information content (AvgIpc) is 2.86. The SMILES string of the molecule is Cc1ccc([N+](=O)[O-])c(Oc2cc(Cl)nc3ncnn23)c1. The maximum Gasteiger partial charge on any atom is 0.311 e. The smallest absolute Gasteiger partial charge is 0.311 e. The van der Waals surface area contributed by atoms with Gasteiger partial charge in [0.05, 0.1) is 4.92 Å². The van der Waals surface area contributed by atoms with Crippen LogP contribution in [-0.4, -0.2) is 24.5 Å². The number of rotatable bonds is 3. The molecule has 3 rings (SSSR count). The summed E-state index contributed by atoms with van der Waals surface area (Å²) in [5.41, 5.74) is 0.674. The first-order valence-electron chi connectivity index (χ1n) is 5.84. The van der Waals surface area contributed by atoms with Gasteiger partial charge in [0.15, 0.2) is 0 Å². The van der Waals surface area contributed by atoms with Crippen LogP contribution in [0.2, 0.25) is 5.15 Å². The maximum absolute atomic E-state index is 11.1. The van der Waals surface area contributed by atoms with Crippen molar-refractivity contribution in [3.8, 4) is 11.6 Å². The van der Waals surface area contributed by atoms with Crippen molar-refractivity contribution in [1.82, 2.24) is 19.6 Å². The number of fused-ring (bicyclic) bond motifs is 1. The number of benzene rings is 1. The lowest BCUT2D eigenvalue weighted by Crippen LogP contribution is -2.00. The monoisotopic (exact) mass is 305 g/mol. The highest BCUT2D eigenvalue weighted by molar-refractivity contribution is 6.29. The summed E-state index contributed by atoms with van der Waals surface area (Å²) in [5, 5.41) is 15.2. The number of halogens is 1. The van der Waals surface area contributed by atoms with E-state index in [2.05, 4.69) is 15.1 Å². The van der Waals surface area contributed by atoms with E-state index >= 15 is 0 Å². The van der Waals surface area contributed by atoms with Crippen LogP contribution in [0.4, 0.5) is 5.69 Å². The molecule has 0 aliphatic rings. The minimum atomic E-state index is -0.518. The number of aromatic nitrogens is 4. The van der Waals surface area contributed by atoms with Gasteiger partial charge < -0.3 is 4.74 Å². The summed E-state index contributed by atoms with van der Waals surface area (Å²) in [4.78, 5) is 18.4. The number of hydrogen-bond donors (Lipinski definition) is 0. The predicted octanol–water partition coefficient (Wildman–Crippen LogP) is 2.79. The molecule has 0 bridgehead atoms. The maximum atomic E-state index is 11.1. The second-order valence-corrected chi connectivity index (χ2v) is 4.61. The van der Waals surface area contributed by atoms with Crippen LogP contribution < -0.4 is 4.74 Å². The molecule has 0 fully saturated rings. The lowest BCUT2D eigenvalue weighted by molar-refractivity contribution is -0.385. The van der Waals surface area contributed by atoms with Gasteiger partial charge in [0, 0.05) is 12.1 Å². The van der Waals surface area contributed by atoms with Crippen molar-refractivity contribution < 1.29 is 9.66 Å². The molecule has 106 valence electrons. The fraction of sp³-hybridized carbons (Fsp3) is 0.0833. The summed E-state index contributed by atoms with van der Waals surface area (Å²) in [7, 11) is 0. The summed E-state index contributed by atoms with van der Waals surface area (Å²) < 4.78 is 6.90. The van der Waals surface area contributed by atoms with Gasteiger partial charge in [0.25, 0.3) is 5.78 Å². The number of nitro benzene ring substituents is 1. The quantitative estimate of drug-likeness (QED) is 0.419. The Morgan fingerprint density at radius 1 is 1.38 bits per heavy atom. The molecule has 9 heteroatoms. The minimum Gasteiger partial charge on any atom is -0.431 e. The van der Waals surface area contributed by atoms with E-state index in [1.165, 1.54) is 23.0 Å². The Morgan fingerprint density at radius 3 is 2.95 bits per heavy atom. The Kier molecular flexibility index (Phi) is 3.15. The molecule has 21 heavy (non-hydrogen) atoms. The molecule has 0 amide bonds. The molecule has 0 unspecified atom stereocenters. The molecule has 8 nitrogen and oxygen atoms in total. The molecule has 1 aromatic carbocycles. The number of ether oxygens (including phenoxy) is 1. The largest absolute Gasteiger partial charge is 0.431 e.